The molecule has 1 aliphatic heterocycles. The number of halogens is 1. The third kappa shape index (κ3) is 9.87. The molecule has 0 bridgehead atoms. The Balaban J connectivity index is 0.000000232. The summed E-state index contributed by atoms with van der Waals surface area (Å²) in [5, 5.41) is 14.7. The number of carbonyl (C=O) groups excluding carboxylic acids is 2. The van der Waals surface area contributed by atoms with Gasteiger partial charge in [-0.05, 0) is 54.3 Å². The predicted molar refractivity (Wildman–Crippen MR) is 114 cm³/mol. The van der Waals surface area contributed by atoms with Crippen LogP contribution >= 0.6 is 11.6 Å². The summed E-state index contributed by atoms with van der Waals surface area (Å²) in [4.78, 5) is 30.0. The molecule has 7 heteroatoms. The Labute approximate surface area is 176 Å². The molecule has 0 unspecified atom stereocenters. The first kappa shape index (κ1) is 24.3. The van der Waals surface area contributed by atoms with Crippen LogP contribution in [0.15, 0.2) is 48.5 Å². The highest BCUT2D eigenvalue weighted by Crippen LogP contribution is 2.25. The van der Waals surface area contributed by atoms with Crippen molar-refractivity contribution in [3.63, 3.8) is 0 Å². The second-order valence-corrected chi connectivity index (χ2v) is 7.04. The molecule has 0 aromatic heterocycles. The van der Waals surface area contributed by atoms with Crippen LogP contribution in [-0.4, -0.2) is 36.0 Å². The normalized spacial score (nSPS) is 14.6. The summed E-state index contributed by atoms with van der Waals surface area (Å²) in [6.45, 7) is 6.97. The van der Waals surface area contributed by atoms with Crippen molar-refractivity contribution in [2.24, 2.45) is 0 Å². The SMILES string of the molecule is CC(=O)NC(C)=O.C[C@H]1CNCCc2ccc(Cl)cc21.O=C(O)c1ccccc1. The summed E-state index contributed by atoms with van der Waals surface area (Å²) >= 11 is 5.97. The van der Waals surface area contributed by atoms with E-state index >= 15 is 0 Å². The van der Waals surface area contributed by atoms with Gasteiger partial charge in [-0.15, -0.1) is 0 Å². The molecule has 3 N–H and O–H groups in total. The van der Waals surface area contributed by atoms with Crippen LogP contribution in [0.4, 0.5) is 0 Å². The van der Waals surface area contributed by atoms with E-state index in [0.717, 1.165) is 24.5 Å². The van der Waals surface area contributed by atoms with E-state index in [0.29, 0.717) is 11.5 Å². The Kier molecular flexibility index (Phi) is 10.7. The van der Waals surface area contributed by atoms with Crippen LogP contribution in [0.25, 0.3) is 0 Å². The molecule has 2 amide bonds. The van der Waals surface area contributed by atoms with Gasteiger partial charge < -0.3 is 10.4 Å². The van der Waals surface area contributed by atoms with E-state index in [4.69, 9.17) is 16.7 Å². The summed E-state index contributed by atoms with van der Waals surface area (Å²) in [5.74, 6) is -0.924. The molecule has 6 nitrogen and oxygen atoms in total. The second kappa shape index (κ2) is 12.7. The number of carboxylic acids is 1. The zero-order valence-corrected chi connectivity index (χ0v) is 17.6. The fourth-order valence-corrected chi connectivity index (χ4v) is 2.91. The smallest absolute Gasteiger partial charge is 0.335 e. The number of benzene rings is 2. The largest absolute Gasteiger partial charge is 0.478 e. The van der Waals surface area contributed by atoms with Crippen molar-refractivity contribution in [2.45, 2.75) is 33.1 Å². The highest BCUT2D eigenvalue weighted by atomic mass is 35.5. The number of carbonyl (C=O) groups is 3. The van der Waals surface area contributed by atoms with Gasteiger partial charge in [0, 0.05) is 25.4 Å². The molecule has 0 fully saturated rings. The lowest BCUT2D eigenvalue weighted by atomic mass is 9.96. The Morgan fingerprint density at radius 3 is 2.17 bits per heavy atom. The van der Waals surface area contributed by atoms with Gasteiger partial charge in [0.25, 0.3) is 0 Å². The van der Waals surface area contributed by atoms with Crippen molar-refractivity contribution in [2.75, 3.05) is 13.1 Å². The fraction of sp³-hybridized carbons (Fsp3) is 0.318. The first-order valence-corrected chi connectivity index (χ1v) is 9.64. The lowest BCUT2D eigenvalue weighted by Gasteiger charge is -2.11. The number of rotatable bonds is 1. The van der Waals surface area contributed by atoms with Crippen LogP contribution in [0.1, 0.15) is 48.2 Å². The molecule has 0 spiro atoms. The zero-order valence-electron chi connectivity index (χ0n) is 16.9. The van der Waals surface area contributed by atoms with Gasteiger partial charge >= 0.3 is 5.97 Å². The molecular weight excluding hydrogens is 392 g/mol. The van der Waals surface area contributed by atoms with E-state index in [-0.39, 0.29) is 11.8 Å². The first-order valence-electron chi connectivity index (χ1n) is 9.26. The highest BCUT2D eigenvalue weighted by molar-refractivity contribution is 6.30. The van der Waals surface area contributed by atoms with E-state index in [9.17, 15) is 14.4 Å². The molecule has 0 saturated carbocycles. The van der Waals surface area contributed by atoms with Gasteiger partial charge in [-0.1, -0.05) is 42.8 Å². The molecule has 29 heavy (non-hydrogen) atoms. The summed E-state index contributed by atoms with van der Waals surface area (Å²) < 4.78 is 0. The number of nitrogens with one attached hydrogen (secondary N) is 2. The maximum absolute atomic E-state index is 10.2. The molecule has 1 heterocycles. The Bertz CT molecular complexity index is 813. The number of carboxylic acid groups (broad SMARTS) is 1. The number of aromatic carboxylic acids is 1. The van der Waals surface area contributed by atoms with Gasteiger partial charge in [0.15, 0.2) is 0 Å². The third-order valence-electron chi connectivity index (χ3n) is 4.03. The Hall–Kier alpha value is -2.70. The minimum atomic E-state index is -0.879. The van der Waals surface area contributed by atoms with Gasteiger partial charge in [0.2, 0.25) is 11.8 Å². The van der Waals surface area contributed by atoms with Crippen molar-refractivity contribution in [1.29, 1.82) is 0 Å². The van der Waals surface area contributed by atoms with Crippen molar-refractivity contribution >= 4 is 29.4 Å². The van der Waals surface area contributed by atoms with Crippen LogP contribution < -0.4 is 10.6 Å². The maximum atomic E-state index is 10.2. The van der Waals surface area contributed by atoms with Crippen molar-refractivity contribution in [3.8, 4) is 0 Å². The minimum absolute atomic E-state index is 0.312. The van der Waals surface area contributed by atoms with Crippen LogP contribution in [0, 0.1) is 0 Å². The van der Waals surface area contributed by atoms with Crippen LogP contribution in [0.5, 0.6) is 0 Å². The van der Waals surface area contributed by atoms with Crippen LogP contribution in [0.3, 0.4) is 0 Å². The molecule has 0 radical (unpaired) electrons. The van der Waals surface area contributed by atoms with Crippen LogP contribution in [0.2, 0.25) is 5.02 Å². The quantitative estimate of drug-likeness (QED) is 0.657. The van der Waals surface area contributed by atoms with E-state index in [1.54, 1.807) is 30.3 Å². The van der Waals surface area contributed by atoms with Crippen molar-refractivity contribution < 1.29 is 19.5 Å². The topological polar surface area (TPSA) is 95.5 Å². The molecule has 2 aromatic rings. The molecule has 0 aliphatic carbocycles. The third-order valence-corrected chi connectivity index (χ3v) is 4.27. The monoisotopic (exact) mass is 418 g/mol. The number of fused-ring (bicyclic) bond motifs is 1. The van der Waals surface area contributed by atoms with Gasteiger partial charge in [0.05, 0.1) is 5.56 Å². The van der Waals surface area contributed by atoms with E-state index in [1.807, 2.05) is 11.4 Å². The molecule has 1 atom stereocenters. The van der Waals surface area contributed by atoms with Gasteiger partial charge in [-0.25, -0.2) is 4.79 Å². The zero-order chi connectivity index (χ0) is 21.8. The summed E-state index contributed by atoms with van der Waals surface area (Å²) in [7, 11) is 0. The average Bonchev–Trinajstić information content (AvgIpc) is 2.84. The highest BCUT2D eigenvalue weighted by Gasteiger charge is 2.14. The number of hydrogen-bond donors (Lipinski definition) is 3. The summed E-state index contributed by atoms with van der Waals surface area (Å²) in [6, 6.07) is 14.5. The summed E-state index contributed by atoms with van der Waals surface area (Å²) in [5.41, 5.74) is 3.19. The molecule has 156 valence electrons. The van der Waals surface area contributed by atoms with Gasteiger partial charge in [-0.2, -0.15) is 0 Å². The van der Waals surface area contributed by atoms with E-state index in [2.05, 4.69) is 24.4 Å². The molecular formula is C22H27ClN2O4. The Morgan fingerprint density at radius 2 is 1.69 bits per heavy atom. The minimum Gasteiger partial charge on any atom is -0.478 e. The van der Waals surface area contributed by atoms with Crippen LogP contribution in [-0.2, 0) is 16.0 Å². The predicted octanol–water partition coefficient (Wildman–Crippen LogP) is 3.64. The van der Waals surface area contributed by atoms with Crippen molar-refractivity contribution in [1.82, 2.24) is 10.6 Å². The molecule has 0 saturated heterocycles. The lowest BCUT2D eigenvalue weighted by Crippen LogP contribution is -2.24. The summed E-state index contributed by atoms with van der Waals surface area (Å²) in [6.07, 6.45) is 1.12. The van der Waals surface area contributed by atoms with Gasteiger partial charge in [-0.3, -0.25) is 14.9 Å². The average molecular weight is 419 g/mol. The van der Waals surface area contributed by atoms with Crippen molar-refractivity contribution in [3.05, 3.63) is 70.2 Å². The first-order chi connectivity index (χ1) is 13.7. The fourth-order valence-electron chi connectivity index (χ4n) is 2.73. The number of hydrogen-bond acceptors (Lipinski definition) is 4. The molecule has 2 aromatic carbocycles. The maximum Gasteiger partial charge on any atom is 0.335 e. The standard InChI is InChI=1S/C11H14ClN.C7H6O2.C4H7NO2/c1-8-7-13-5-4-9-2-3-10(12)6-11(8)9;8-7(9)6-4-2-1-3-5-6;1-3(6)5-4(2)7/h2-3,6,8,13H,4-5,7H2,1H3;1-5H,(H,8,9);1-2H3,(H,5,6,7)/t8-;;/m0../s1. The van der Waals surface area contributed by atoms with E-state index in [1.165, 1.54) is 25.0 Å². The molecule has 3 rings (SSSR count). The number of imide groups is 1. The second-order valence-electron chi connectivity index (χ2n) is 6.61. The molecule has 1 aliphatic rings. The Morgan fingerprint density at radius 1 is 1.07 bits per heavy atom. The lowest BCUT2D eigenvalue weighted by molar-refractivity contribution is -0.127. The number of amides is 2. The van der Waals surface area contributed by atoms with E-state index < -0.39 is 5.97 Å². The van der Waals surface area contributed by atoms with Gasteiger partial charge in [0.1, 0.15) is 0 Å².